The van der Waals surface area contributed by atoms with Crippen molar-refractivity contribution >= 4 is 22.4 Å². The fourth-order valence-corrected chi connectivity index (χ4v) is 2.47. The summed E-state index contributed by atoms with van der Waals surface area (Å²) < 4.78 is 0. The van der Waals surface area contributed by atoms with Gasteiger partial charge in [-0.25, -0.2) is 5.43 Å². The van der Waals surface area contributed by atoms with Crippen molar-refractivity contribution in [3.8, 4) is 11.5 Å². The van der Waals surface area contributed by atoms with Gasteiger partial charge >= 0.3 is 0 Å². The summed E-state index contributed by atoms with van der Waals surface area (Å²) in [4.78, 5) is 12.1. The van der Waals surface area contributed by atoms with E-state index >= 15 is 0 Å². The Bertz CT molecular complexity index is 948. The average molecular weight is 320 g/mol. The molecule has 0 spiro atoms. The monoisotopic (exact) mass is 320 g/mol. The quantitative estimate of drug-likeness (QED) is 0.511. The molecule has 120 valence electrons. The van der Waals surface area contributed by atoms with Crippen LogP contribution in [0.25, 0.3) is 10.8 Å². The van der Waals surface area contributed by atoms with E-state index in [1.807, 2.05) is 30.3 Å². The van der Waals surface area contributed by atoms with Gasteiger partial charge in [-0.05, 0) is 30.5 Å². The number of hydrazone groups is 1. The average Bonchev–Trinajstić information content (AvgIpc) is 2.60. The molecule has 0 saturated carbocycles. The van der Waals surface area contributed by atoms with Gasteiger partial charge in [0.05, 0.1) is 11.3 Å². The molecule has 24 heavy (non-hydrogen) atoms. The highest BCUT2D eigenvalue weighted by molar-refractivity contribution is 6.07. The van der Waals surface area contributed by atoms with Crippen molar-refractivity contribution in [1.82, 2.24) is 5.43 Å². The molecule has 3 aromatic rings. The number of carbonyl (C=O) groups excluding carboxylic acids is 1. The predicted molar refractivity (Wildman–Crippen MR) is 93.4 cm³/mol. The number of rotatable bonds is 3. The van der Waals surface area contributed by atoms with Gasteiger partial charge in [0.15, 0.2) is 0 Å². The van der Waals surface area contributed by atoms with Gasteiger partial charge in [0.1, 0.15) is 11.5 Å². The summed E-state index contributed by atoms with van der Waals surface area (Å²) in [5.74, 6) is -0.518. The number of phenolic OH excluding ortho intramolecular Hbond substituents is 2. The highest BCUT2D eigenvalue weighted by atomic mass is 16.3. The van der Waals surface area contributed by atoms with Crippen molar-refractivity contribution in [3.05, 3.63) is 71.8 Å². The molecule has 1 amide bonds. The Morgan fingerprint density at radius 1 is 0.917 bits per heavy atom. The van der Waals surface area contributed by atoms with Crippen LogP contribution in [0, 0.1) is 0 Å². The molecule has 0 fully saturated rings. The summed E-state index contributed by atoms with van der Waals surface area (Å²) >= 11 is 0. The number of benzene rings is 3. The molecule has 0 aliphatic rings. The van der Waals surface area contributed by atoms with Crippen LogP contribution in [0.5, 0.6) is 11.5 Å². The number of para-hydroxylation sites is 1. The number of fused-ring (bicyclic) bond motifs is 1. The van der Waals surface area contributed by atoms with Crippen LogP contribution in [0.2, 0.25) is 0 Å². The first-order valence-electron chi connectivity index (χ1n) is 7.41. The fourth-order valence-electron chi connectivity index (χ4n) is 2.47. The summed E-state index contributed by atoms with van der Waals surface area (Å²) in [7, 11) is 0. The summed E-state index contributed by atoms with van der Waals surface area (Å²) in [6.45, 7) is 1.69. The van der Waals surface area contributed by atoms with Crippen LogP contribution in [0.3, 0.4) is 0 Å². The maximum absolute atomic E-state index is 12.1. The van der Waals surface area contributed by atoms with Gasteiger partial charge in [-0.1, -0.05) is 42.5 Å². The van der Waals surface area contributed by atoms with Gasteiger partial charge in [-0.3, -0.25) is 4.79 Å². The van der Waals surface area contributed by atoms with Crippen molar-refractivity contribution in [1.29, 1.82) is 0 Å². The summed E-state index contributed by atoms with van der Waals surface area (Å²) in [5.41, 5.74) is 3.52. The second-order valence-corrected chi connectivity index (χ2v) is 5.34. The van der Waals surface area contributed by atoms with E-state index in [1.54, 1.807) is 25.1 Å². The molecular weight excluding hydrogens is 304 g/mol. The van der Waals surface area contributed by atoms with E-state index in [2.05, 4.69) is 10.5 Å². The fraction of sp³-hybridized carbons (Fsp3) is 0.0526. The maximum atomic E-state index is 12.1. The molecule has 3 N–H and O–H groups in total. The molecule has 5 heteroatoms. The Morgan fingerprint density at radius 2 is 1.62 bits per heavy atom. The normalized spacial score (nSPS) is 11.5. The second-order valence-electron chi connectivity index (χ2n) is 5.34. The molecule has 0 bridgehead atoms. The number of amides is 1. The van der Waals surface area contributed by atoms with Crippen LogP contribution >= 0.6 is 0 Å². The standard InChI is InChI=1S/C19H16N2O3/c1-12(20-21-19(24)16-8-4-5-9-17(16)22)14-11-10-13-6-2-3-7-15(13)18(14)23/h2-11,22-23H,1H3,(H,21,24)/b20-12-. The molecular formula is C19H16N2O3. The van der Waals surface area contributed by atoms with Crippen LogP contribution in [0.4, 0.5) is 0 Å². The van der Waals surface area contributed by atoms with Crippen molar-refractivity contribution in [2.45, 2.75) is 6.92 Å². The molecule has 0 atom stereocenters. The maximum Gasteiger partial charge on any atom is 0.275 e. The van der Waals surface area contributed by atoms with E-state index in [4.69, 9.17) is 0 Å². The molecule has 0 aliphatic heterocycles. The third-order valence-corrected chi connectivity index (χ3v) is 3.76. The minimum atomic E-state index is -0.521. The minimum Gasteiger partial charge on any atom is -0.507 e. The largest absolute Gasteiger partial charge is 0.507 e. The van der Waals surface area contributed by atoms with Gasteiger partial charge in [-0.15, -0.1) is 0 Å². The summed E-state index contributed by atoms with van der Waals surface area (Å²) in [6, 6.07) is 17.3. The van der Waals surface area contributed by atoms with Crippen LogP contribution in [0.1, 0.15) is 22.8 Å². The summed E-state index contributed by atoms with van der Waals surface area (Å²) in [5, 5.41) is 25.8. The van der Waals surface area contributed by atoms with Gasteiger partial charge < -0.3 is 10.2 Å². The van der Waals surface area contributed by atoms with E-state index in [9.17, 15) is 15.0 Å². The lowest BCUT2D eigenvalue weighted by molar-refractivity contribution is 0.0952. The first kappa shape index (κ1) is 15.6. The summed E-state index contributed by atoms with van der Waals surface area (Å²) in [6.07, 6.45) is 0. The van der Waals surface area contributed by atoms with E-state index in [0.717, 1.165) is 10.8 Å². The number of hydrogen-bond donors (Lipinski definition) is 3. The van der Waals surface area contributed by atoms with Crippen molar-refractivity contribution in [3.63, 3.8) is 0 Å². The van der Waals surface area contributed by atoms with Gasteiger partial charge in [0.2, 0.25) is 0 Å². The Labute approximate surface area is 138 Å². The minimum absolute atomic E-state index is 0.114. The Balaban J connectivity index is 1.88. The van der Waals surface area contributed by atoms with Crippen LogP contribution in [-0.4, -0.2) is 21.8 Å². The van der Waals surface area contributed by atoms with Gasteiger partial charge in [0, 0.05) is 10.9 Å². The molecule has 5 nitrogen and oxygen atoms in total. The molecule has 0 aliphatic carbocycles. The first-order chi connectivity index (χ1) is 11.6. The Hall–Kier alpha value is -3.34. The highest BCUT2D eigenvalue weighted by Gasteiger charge is 2.11. The number of nitrogens with one attached hydrogen (secondary N) is 1. The number of nitrogens with zero attached hydrogens (tertiary/aromatic N) is 1. The second kappa shape index (κ2) is 6.42. The van der Waals surface area contributed by atoms with Crippen molar-refractivity contribution < 1.29 is 15.0 Å². The molecule has 0 saturated heterocycles. The molecule has 3 rings (SSSR count). The SMILES string of the molecule is C/C(=N/NC(=O)c1ccccc1O)c1ccc2ccccc2c1O. The van der Waals surface area contributed by atoms with E-state index in [-0.39, 0.29) is 17.1 Å². The van der Waals surface area contributed by atoms with Crippen LogP contribution in [-0.2, 0) is 0 Å². The molecule has 0 radical (unpaired) electrons. The van der Waals surface area contributed by atoms with E-state index < -0.39 is 5.91 Å². The smallest absolute Gasteiger partial charge is 0.275 e. The van der Waals surface area contributed by atoms with Gasteiger partial charge in [-0.2, -0.15) is 5.10 Å². The van der Waals surface area contributed by atoms with Crippen LogP contribution in [0.15, 0.2) is 65.8 Å². The lowest BCUT2D eigenvalue weighted by Crippen LogP contribution is -2.19. The van der Waals surface area contributed by atoms with E-state index in [0.29, 0.717) is 11.3 Å². The molecule has 0 aromatic heterocycles. The number of carbonyl (C=O) groups is 1. The zero-order valence-corrected chi connectivity index (χ0v) is 13.0. The van der Waals surface area contributed by atoms with Crippen molar-refractivity contribution in [2.75, 3.05) is 0 Å². The molecule has 0 unspecified atom stereocenters. The highest BCUT2D eigenvalue weighted by Crippen LogP contribution is 2.28. The van der Waals surface area contributed by atoms with E-state index in [1.165, 1.54) is 12.1 Å². The van der Waals surface area contributed by atoms with Crippen molar-refractivity contribution in [2.24, 2.45) is 5.10 Å². The third kappa shape index (κ3) is 2.92. The zero-order chi connectivity index (χ0) is 17.1. The van der Waals surface area contributed by atoms with Gasteiger partial charge in [0.25, 0.3) is 5.91 Å². The molecule has 3 aromatic carbocycles. The first-order valence-corrected chi connectivity index (χ1v) is 7.41. The zero-order valence-electron chi connectivity index (χ0n) is 13.0. The lowest BCUT2D eigenvalue weighted by Gasteiger charge is -2.08. The number of phenols is 2. The number of aromatic hydroxyl groups is 2. The topological polar surface area (TPSA) is 81.9 Å². The lowest BCUT2D eigenvalue weighted by atomic mass is 10.0. The molecule has 0 heterocycles. The van der Waals surface area contributed by atoms with Crippen LogP contribution < -0.4 is 5.43 Å². The Morgan fingerprint density at radius 3 is 2.42 bits per heavy atom. The predicted octanol–water partition coefficient (Wildman–Crippen LogP) is 3.41. The third-order valence-electron chi connectivity index (χ3n) is 3.76. The Kier molecular flexibility index (Phi) is 4.16. The number of hydrogen-bond acceptors (Lipinski definition) is 4.